The third-order valence-corrected chi connectivity index (χ3v) is 5.21. The van der Waals surface area contributed by atoms with E-state index in [0.717, 1.165) is 22.6 Å². The van der Waals surface area contributed by atoms with Crippen LogP contribution in [0, 0.1) is 11.8 Å². The molecule has 25 heavy (non-hydrogen) atoms. The topological polar surface area (TPSA) is 47.6 Å². The van der Waals surface area contributed by atoms with E-state index in [4.69, 9.17) is 9.47 Å². The van der Waals surface area contributed by atoms with Gasteiger partial charge >= 0.3 is 0 Å². The summed E-state index contributed by atoms with van der Waals surface area (Å²) < 4.78 is 10.5. The number of Topliss-reactive ketones (excluding diaryl/α,β-unsaturated/α-hetero) is 1. The molecule has 4 atom stereocenters. The van der Waals surface area contributed by atoms with Crippen molar-refractivity contribution in [3.63, 3.8) is 0 Å². The molecule has 0 spiro atoms. The predicted molar refractivity (Wildman–Crippen MR) is 97.9 cm³/mol. The van der Waals surface area contributed by atoms with Crippen LogP contribution in [0.3, 0.4) is 0 Å². The van der Waals surface area contributed by atoms with E-state index in [9.17, 15) is 4.79 Å². The molecule has 2 aromatic rings. The number of rotatable bonds is 4. The maximum Gasteiger partial charge on any atom is 0.142 e. The second-order valence-corrected chi connectivity index (χ2v) is 6.65. The number of ether oxygens (including phenoxy) is 2. The summed E-state index contributed by atoms with van der Waals surface area (Å²) >= 11 is 0. The van der Waals surface area contributed by atoms with E-state index < -0.39 is 0 Å². The molecule has 1 fully saturated rings. The lowest BCUT2D eigenvalue weighted by atomic mass is 9.76. The largest absolute Gasteiger partial charge is 0.497 e. The molecule has 0 unspecified atom stereocenters. The predicted octanol–water partition coefficient (Wildman–Crippen LogP) is 3.93. The highest BCUT2D eigenvalue weighted by Crippen LogP contribution is 2.38. The molecule has 4 heteroatoms. The molecule has 4 nitrogen and oxygen atoms in total. The highest BCUT2D eigenvalue weighted by Gasteiger charge is 2.40. The van der Waals surface area contributed by atoms with Gasteiger partial charge in [0.05, 0.1) is 14.2 Å². The van der Waals surface area contributed by atoms with Crippen LogP contribution in [0.2, 0.25) is 0 Å². The van der Waals surface area contributed by atoms with E-state index in [1.165, 1.54) is 0 Å². The first-order chi connectivity index (χ1) is 12.0. The van der Waals surface area contributed by atoms with Crippen molar-refractivity contribution in [2.75, 3.05) is 14.2 Å². The van der Waals surface area contributed by atoms with Gasteiger partial charge in [-0.3, -0.25) is 4.79 Å². The molecule has 0 aliphatic carbocycles. The number of piperidine rings is 1. The van der Waals surface area contributed by atoms with Crippen LogP contribution in [0.4, 0.5) is 0 Å². The van der Waals surface area contributed by atoms with E-state index in [-0.39, 0.29) is 23.9 Å². The molecular formula is C21H25NO3. The van der Waals surface area contributed by atoms with Crippen molar-refractivity contribution in [2.24, 2.45) is 11.8 Å². The van der Waals surface area contributed by atoms with Gasteiger partial charge in [0.15, 0.2) is 0 Å². The molecule has 1 heterocycles. The quantitative estimate of drug-likeness (QED) is 0.917. The maximum atomic E-state index is 12.8. The summed E-state index contributed by atoms with van der Waals surface area (Å²) in [6, 6.07) is 15.8. The Kier molecular flexibility index (Phi) is 5.09. The highest BCUT2D eigenvalue weighted by molar-refractivity contribution is 5.85. The zero-order chi connectivity index (χ0) is 18.0. The number of carbonyl (C=O) groups is 1. The van der Waals surface area contributed by atoms with Crippen LogP contribution in [0.5, 0.6) is 11.5 Å². The molecule has 1 saturated heterocycles. The molecule has 1 aliphatic rings. The average molecular weight is 339 g/mol. The van der Waals surface area contributed by atoms with Crippen molar-refractivity contribution < 1.29 is 14.3 Å². The van der Waals surface area contributed by atoms with Crippen LogP contribution >= 0.6 is 0 Å². The summed E-state index contributed by atoms with van der Waals surface area (Å²) in [6.07, 6.45) is 0. The molecule has 132 valence electrons. The van der Waals surface area contributed by atoms with Crippen LogP contribution in [0.25, 0.3) is 0 Å². The van der Waals surface area contributed by atoms with Crippen molar-refractivity contribution in [1.29, 1.82) is 0 Å². The lowest BCUT2D eigenvalue weighted by molar-refractivity contribution is -0.130. The van der Waals surface area contributed by atoms with Gasteiger partial charge in [-0.15, -0.1) is 0 Å². The fraction of sp³-hybridized carbons (Fsp3) is 0.381. The number of ketones is 1. The van der Waals surface area contributed by atoms with Crippen LogP contribution in [0.1, 0.15) is 37.1 Å². The molecule has 0 amide bonds. The van der Waals surface area contributed by atoms with Crippen LogP contribution in [0.15, 0.2) is 48.5 Å². The Bertz CT molecular complexity index is 662. The van der Waals surface area contributed by atoms with Gasteiger partial charge in [0.2, 0.25) is 0 Å². The summed E-state index contributed by atoms with van der Waals surface area (Å²) in [6.45, 7) is 4.01. The normalized spacial score (nSPS) is 26.3. The van der Waals surface area contributed by atoms with Crippen molar-refractivity contribution >= 4 is 5.78 Å². The number of benzene rings is 2. The first-order valence-electron chi connectivity index (χ1n) is 8.63. The van der Waals surface area contributed by atoms with Crippen molar-refractivity contribution in [2.45, 2.75) is 25.9 Å². The monoisotopic (exact) mass is 339 g/mol. The van der Waals surface area contributed by atoms with Gasteiger partial charge in [0, 0.05) is 23.9 Å². The third kappa shape index (κ3) is 3.40. The molecule has 3 rings (SSSR count). The Morgan fingerprint density at radius 3 is 1.40 bits per heavy atom. The van der Waals surface area contributed by atoms with Gasteiger partial charge in [0.25, 0.3) is 0 Å². The summed E-state index contributed by atoms with van der Waals surface area (Å²) in [5.41, 5.74) is 2.21. The Balaban J connectivity index is 1.89. The number of nitrogens with one attached hydrogen (secondary N) is 1. The third-order valence-electron chi connectivity index (χ3n) is 5.21. The smallest absolute Gasteiger partial charge is 0.142 e. The second kappa shape index (κ2) is 7.28. The fourth-order valence-corrected chi connectivity index (χ4v) is 3.62. The molecule has 1 N–H and O–H groups in total. The SMILES string of the molecule is COc1ccc([C@H]2N[C@H](c3ccc(OC)cc3)[C@@H](C)C(=O)[C@H]2C)cc1. The summed E-state index contributed by atoms with van der Waals surface area (Å²) in [7, 11) is 3.31. The standard InChI is InChI=1S/C21H25NO3/c1-13-19(15-5-9-17(24-3)10-6-15)22-20(14(2)21(13)23)16-7-11-18(25-4)12-8-16/h5-14,19-20,22H,1-4H3/t13-,14+,19-,20-/m0/s1. The zero-order valence-corrected chi connectivity index (χ0v) is 15.2. The Labute approximate surface area is 149 Å². The minimum Gasteiger partial charge on any atom is -0.497 e. The van der Waals surface area contributed by atoms with E-state index >= 15 is 0 Å². The summed E-state index contributed by atoms with van der Waals surface area (Å²) in [5.74, 6) is 1.79. The average Bonchev–Trinajstić information content (AvgIpc) is 2.67. The molecule has 0 bridgehead atoms. The summed E-state index contributed by atoms with van der Waals surface area (Å²) in [5, 5.41) is 3.69. The van der Waals surface area contributed by atoms with Crippen LogP contribution < -0.4 is 14.8 Å². The molecular weight excluding hydrogens is 314 g/mol. The molecule has 0 radical (unpaired) electrons. The Morgan fingerprint density at radius 1 is 0.720 bits per heavy atom. The Morgan fingerprint density at radius 2 is 1.08 bits per heavy atom. The molecule has 0 aromatic heterocycles. The minimum atomic E-state index is -0.0714. The van der Waals surface area contributed by atoms with Crippen molar-refractivity contribution in [3.05, 3.63) is 59.7 Å². The van der Waals surface area contributed by atoms with E-state index in [0.29, 0.717) is 5.78 Å². The highest BCUT2D eigenvalue weighted by atomic mass is 16.5. The number of hydrogen-bond acceptors (Lipinski definition) is 4. The lowest BCUT2D eigenvalue weighted by Crippen LogP contribution is -2.46. The van der Waals surface area contributed by atoms with Crippen LogP contribution in [-0.2, 0) is 4.79 Å². The molecule has 1 aliphatic heterocycles. The van der Waals surface area contributed by atoms with E-state index in [2.05, 4.69) is 5.32 Å². The van der Waals surface area contributed by atoms with Gasteiger partial charge in [-0.1, -0.05) is 38.1 Å². The molecule has 0 saturated carbocycles. The fourth-order valence-electron chi connectivity index (χ4n) is 3.62. The van der Waals surface area contributed by atoms with Gasteiger partial charge in [-0.2, -0.15) is 0 Å². The summed E-state index contributed by atoms with van der Waals surface area (Å²) in [4.78, 5) is 12.8. The van der Waals surface area contributed by atoms with Gasteiger partial charge < -0.3 is 14.8 Å². The lowest BCUT2D eigenvalue weighted by Gasteiger charge is -2.39. The van der Waals surface area contributed by atoms with Crippen LogP contribution in [-0.4, -0.2) is 20.0 Å². The van der Waals surface area contributed by atoms with Gasteiger partial charge in [0.1, 0.15) is 17.3 Å². The first kappa shape index (κ1) is 17.5. The second-order valence-electron chi connectivity index (χ2n) is 6.65. The van der Waals surface area contributed by atoms with E-state index in [1.807, 2.05) is 62.4 Å². The van der Waals surface area contributed by atoms with Gasteiger partial charge in [-0.05, 0) is 35.4 Å². The Hall–Kier alpha value is -2.33. The number of carbonyl (C=O) groups excluding carboxylic acids is 1. The maximum absolute atomic E-state index is 12.8. The zero-order valence-electron chi connectivity index (χ0n) is 15.2. The van der Waals surface area contributed by atoms with Crippen molar-refractivity contribution in [1.82, 2.24) is 5.32 Å². The minimum absolute atomic E-state index is 0.0123. The van der Waals surface area contributed by atoms with E-state index in [1.54, 1.807) is 14.2 Å². The number of hydrogen-bond donors (Lipinski definition) is 1. The number of methoxy groups -OCH3 is 2. The van der Waals surface area contributed by atoms with Crippen molar-refractivity contribution in [3.8, 4) is 11.5 Å². The molecule has 2 aromatic carbocycles. The van der Waals surface area contributed by atoms with Gasteiger partial charge in [-0.25, -0.2) is 0 Å². The first-order valence-corrected chi connectivity index (χ1v) is 8.63.